The van der Waals surface area contributed by atoms with E-state index in [2.05, 4.69) is 10.4 Å². The van der Waals surface area contributed by atoms with Gasteiger partial charge in [-0.15, -0.1) is 0 Å². The van der Waals surface area contributed by atoms with Gasteiger partial charge in [0, 0.05) is 19.0 Å². The molecular weight excluding hydrogens is 402 g/mol. The highest BCUT2D eigenvalue weighted by atomic mass is 32.2. The molecule has 154 valence electrons. The summed E-state index contributed by atoms with van der Waals surface area (Å²) < 4.78 is 33.4. The smallest absolute Gasteiger partial charge is 0.279 e. The van der Waals surface area contributed by atoms with E-state index in [-0.39, 0.29) is 10.8 Å². The maximum absolute atomic E-state index is 13.4. The summed E-state index contributed by atoms with van der Waals surface area (Å²) in [5, 5.41) is 7.17. The van der Waals surface area contributed by atoms with Crippen LogP contribution in [0.5, 0.6) is 0 Å². The van der Waals surface area contributed by atoms with Crippen molar-refractivity contribution in [2.24, 2.45) is 5.10 Å². The number of rotatable bonds is 5. The summed E-state index contributed by atoms with van der Waals surface area (Å²) in [6.45, 7) is 3.32. The van der Waals surface area contributed by atoms with Gasteiger partial charge in [-0.3, -0.25) is 4.79 Å². The second-order valence-corrected chi connectivity index (χ2v) is 8.94. The normalized spacial score (nSPS) is 16.4. The fourth-order valence-electron chi connectivity index (χ4n) is 3.40. The molecule has 0 unspecified atom stereocenters. The molecule has 1 aliphatic rings. The Morgan fingerprint density at radius 1 is 1.13 bits per heavy atom. The van der Waals surface area contributed by atoms with Gasteiger partial charge in [0.1, 0.15) is 11.5 Å². The van der Waals surface area contributed by atoms with Crippen LogP contribution in [0.15, 0.2) is 81.3 Å². The maximum atomic E-state index is 13.4. The first-order valence-corrected chi connectivity index (χ1v) is 10.9. The van der Waals surface area contributed by atoms with Crippen LogP contribution < -0.4 is 5.32 Å². The lowest BCUT2D eigenvalue weighted by molar-refractivity contribution is -0.114. The Labute approximate surface area is 175 Å². The van der Waals surface area contributed by atoms with Crippen LogP contribution in [0.25, 0.3) is 0 Å². The van der Waals surface area contributed by atoms with Gasteiger partial charge < -0.3 is 9.73 Å². The zero-order chi connectivity index (χ0) is 21.3. The van der Waals surface area contributed by atoms with Gasteiger partial charge in [-0.2, -0.15) is 17.9 Å². The standard InChI is InChI=1S/C22H21N3O4S/c1-15-8-10-19(11-9-15)30(27,28)25-21(14-20(24-25)22-7-4-12-29-22)17-5-3-6-18(13-17)23-16(2)26/h3-13,21H,14H2,1-2H3,(H,23,26)/t21-/m0/s1. The van der Waals surface area contributed by atoms with E-state index in [0.717, 1.165) is 15.5 Å². The van der Waals surface area contributed by atoms with Crippen LogP contribution in [-0.2, 0) is 14.8 Å². The zero-order valence-corrected chi connectivity index (χ0v) is 17.4. The van der Waals surface area contributed by atoms with Crippen molar-refractivity contribution in [3.63, 3.8) is 0 Å². The molecule has 7 nitrogen and oxygen atoms in total. The maximum Gasteiger partial charge on any atom is 0.279 e. The van der Waals surface area contributed by atoms with Gasteiger partial charge in [-0.05, 0) is 48.9 Å². The van der Waals surface area contributed by atoms with Gasteiger partial charge in [0.2, 0.25) is 5.91 Å². The Morgan fingerprint density at radius 2 is 1.90 bits per heavy atom. The Hall–Kier alpha value is -3.39. The molecule has 0 aliphatic carbocycles. The number of hydrogen-bond acceptors (Lipinski definition) is 5. The van der Waals surface area contributed by atoms with Crippen LogP contribution >= 0.6 is 0 Å². The summed E-state index contributed by atoms with van der Waals surface area (Å²) in [4.78, 5) is 11.6. The number of amides is 1. The Kier molecular flexibility index (Phi) is 5.17. The third kappa shape index (κ3) is 3.86. The molecule has 2 aromatic carbocycles. The SMILES string of the molecule is CC(=O)Nc1cccc([C@@H]2CC(c3ccco3)=NN2S(=O)(=O)c2ccc(C)cc2)c1. The predicted octanol–water partition coefficient (Wildman–Crippen LogP) is 4.09. The zero-order valence-electron chi connectivity index (χ0n) is 16.6. The first-order chi connectivity index (χ1) is 14.3. The van der Waals surface area contributed by atoms with Crippen molar-refractivity contribution in [2.45, 2.75) is 31.2 Å². The largest absolute Gasteiger partial charge is 0.463 e. The number of carbonyl (C=O) groups excluding carboxylic acids is 1. The monoisotopic (exact) mass is 423 g/mol. The van der Waals surface area contributed by atoms with E-state index in [1.807, 2.05) is 13.0 Å². The summed E-state index contributed by atoms with van der Waals surface area (Å²) >= 11 is 0. The van der Waals surface area contributed by atoms with Crippen molar-refractivity contribution in [3.05, 3.63) is 83.8 Å². The molecule has 0 saturated carbocycles. The van der Waals surface area contributed by atoms with Gasteiger partial charge >= 0.3 is 0 Å². The number of sulfonamides is 1. The summed E-state index contributed by atoms with van der Waals surface area (Å²) in [5.41, 5.74) is 2.83. The highest BCUT2D eigenvalue weighted by Crippen LogP contribution is 2.38. The molecule has 8 heteroatoms. The van der Waals surface area contributed by atoms with Crippen molar-refractivity contribution in [1.82, 2.24) is 4.41 Å². The molecule has 3 aromatic rings. The average Bonchev–Trinajstić information content (AvgIpc) is 3.38. The number of furan rings is 1. The molecule has 1 amide bonds. The number of nitrogens with one attached hydrogen (secondary N) is 1. The van der Waals surface area contributed by atoms with E-state index in [4.69, 9.17) is 4.42 Å². The van der Waals surface area contributed by atoms with E-state index in [9.17, 15) is 13.2 Å². The van der Waals surface area contributed by atoms with Crippen molar-refractivity contribution < 1.29 is 17.6 Å². The van der Waals surface area contributed by atoms with Gasteiger partial charge in [-0.1, -0.05) is 29.8 Å². The quantitative estimate of drug-likeness (QED) is 0.669. The average molecular weight is 423 g/mol. The van der Waals surface area contributed by atoms with Gasteiger partial charge in [0.25, 0.3) is 10.0 Å². The lowest BCUT2D eigenvalue weighted by Crippen LogP contribution is -2.27. The molecule has 2 heterocycles. The fraction of sp³-hybridized carbons (Fsp3) is 0.182. The molecule has 0 radical (unpaired) electrons. The lowest BCUT2D eigenvalue weighted by atomic mass is 10.0. The van der Waals surface area contributed by atoms with Crippen LogP contribution in [0, 0.1) is 6.92 Å². The van der Waals surface area contributed by atoms with Crippen molar-refractivity contribution >= 4 is 27.3 Å². The van der Waals surface area contributed by atoms with Crippen molar-refractivity contribution in [3.8, 4) is 0 Å². The van der Waals surface area contributed by atoms with Gasteiger partial charge in [0.15, 0.2) is 0 Å². The Morgan fingerprint density at radius 3 is 2.57 bits per heavy atom. The molecular formula is C22H21N3O4S. The van der Waals surface area contributed by atoms with Gasteiger partial charge in [0.05, 0.1) is 17.2 Å². The van der Waals surface area contributed by atoms with E-state index in [1.165, 1.54) is 13.2 Å². The topological polar surface area (TPSA) is 92.0 Å². The van der Waals surface area contributed by atoms with Gasteiger partial charge in [-0.25, -0.2) is 0 Å². The lowest BCUT2D eigenvalue weighted by Gasteiger charge is -2.24. The van der Waals surface area contributed by atoms with Crippen LogP contribution in [-0.4, -0.2) is 24.5 Å². The minimum absolute atomic E-state index is 0.167. The number of benzene rings is 2. The molecule has 0 spiro atoms. The number of hydrazone groups is 1. The van der Waals surface area contributed by atoms with Crippen LogP contribution in [0.4, 0.5) is 5.69 Å². The summed E-state index contributed by atoms with van der Waals surface area (Å²) in [6, 6.07) is 16.7. The molecule has 0 bridgehead atoms. The second-order valence-electron chi connectivity index (χ2n) is 7.14. The molecule has 1 aromatic heterocycles. The molecule has 1 aliphatic heterocycles. The van der Waals surface area contributed by atoms with Crippen molar-refractivity contribution in [1.29, 1.82) is 0 Å². The molecule has 1 N–H and O–H groups in total. The predicted molar refractivity (Wildman–Crippen MR) is 114 cm³/mol. The number of carbonyl (C=O) groups is 1. The third-order valence-corrected chi connectivity index (χ3v) is 6.53. The number of nitrogens with zero attached hydrogens (tertiary/aromatic N) is 2. The Bertz CT molecular complexity index is 1200. The molecule has 1 atom stereocenters. The third-order valence-electron chi connectivity index (χ3n) is 4.84. The molecule has 30 heavy (non-hydrogen) atoms. The number of aryl methyl sites for hydroxylation is 1. The second kappa shape index (κ2) is 7.79. The first kappa shape index (κ1) is 19.9. The highest BCUT2D eigenvalue weighted by Gasteiger charge is 2.38. The summed E-state index contributed by atoms with van der Waals surface area (Å²) in [6.07, 6.45) is 1.88. The minimum Gasteiger partial charge on any atom is -0.463 e. The summed E-state index contributed by atoms with van der Waals surface area (Å²) in [5.74, 6) is 0.329. The van der Waals surface area contributed by atoms with Crippen LogP contribution in [0.1, 0.15) is 36.3 Å². The van der Waals surface area contributed by atoms with Crippen LogP contribution in [0.2, 0.25) is 0 Å². The highest BCUT2D eigenvalue weighted by molar-refractivity contribution is 7.89. The van der Waals surface area contributed by atoms with E-state index in [1.54, 1.807) is 54.6 Å². The van der Waals surface area contributed by atoms with E-state index in [0.29, 0.717) is 23.6 Å². The minimum atomic E-state index is -3.90. The Balaban J connectivity index is 1.77. The first-order valence-electron chi connectivity index (χ1n) is 9.44. The fourth-order valence-corrected chi connectivity index (χ4v) is 4.83. The molecule has 0 fully saturated rings. The molecule has 0 saturated heterocycles. The number of anilines is 1. The number of hydrogen-bond donors (Lipinski definition) is 1. The van der Waals surface area contributed by atoms with Crippen molar-refractivity contribution in [2.75, 3.05) is 5.32 Å². The molecule has 4 rings (SSSR count). The summed E-state index contributed by atoms with van der Waals surface area (Å²) in [7, 11) is -3.90. The van der Waals surface area contributed by atoms with E-state index < -0.39 is 16.1 Å². The van der Waals surface area contributed by atoms with E-state index >= 15 is 0 Å². The van der Waals surface area contributed by atoms with Crippen LogP contribution in [0.3, 0.4) is 0 Å².